The van der Waals surface area contributed by atoms with Gasteiger partial charge in [0.05, 0.1) is 0 Å². The van der Waals surface area contributed by atoms with Crippen molar-refractivity contribution >= 4 is 23.2 Å². The Bertz CT molecular complexity index is 97.8. The third-order valence-corrected chi connectivity index (χ3v) is 1.56. The van der Waals surface area contributed by atoms with Gasteiger partial charge in [-0.1, -0.05) is 18.0 Å². The van der Waals surface area contributed by atoms with Gasteiger partial charge in [-0.2, -0.15) is 4.39 Å². The molecule has 0 fully saturated rings. The third-order valence-electron chi connectivity index (χ3n) is 1.14. The SMILES string of the molecule is FC(Cl)=CCCCCCCl. The first-order chi connectivity index (χ1) is 4.77. The Balaban J connectivity index is 2.98. The maximum atomic E-state index is 11.8. The highest BCUT2D eigenvalue weighted by molar-refractivity contribution is 6.28. The summed E-state index contributed by atoms with van der Waals surface area (Å²) in [5, 5.41) is -0.606. The van der Waals surface area contributed by atoms with Crippen LogP contribution in [0.2, 0.25) is 0 Å². The molecule has 0 aromatic rings. The molecule has 0 bridgehead atoms. The molecule has 10 heavy (non-hydrogen) atoms. The fourth-order valence-electron chi connectivity index (χ4n) is 0.627. The minimum Gasteiger partial charge on any atom is -0.194 e. The molecule has 0 radical (unpaired) electrons. The largest absolute Gasteiger partial charge is 0.194 e. The number of halogens is 3. The van der Waals surface area contributed by atoms with Gasteiger partial charge >= 0.3 is 0 Å². The maximum Gasteiger partial charge on any atom is 0.185 e. The Kier molecular flexibility index (Phi) is 7.54. The van der Waals surface area contributed by atoms with Crippen molar-refractivity contribution in [3.05, 3.63) is 11.4 Å². The van der Waals surface area contributed by atoms with Crippen molar-refractivity contribution in [2.45, 2.75) is 25.7 Å². The van der Waals surface area contributed by atoms with Gasteiger partial charge in [-0.15, -0.1) is 11.6 Å². The van der Waals surface area contributed by atoms with Crippen LogP contribution in [0.1, 0.15) is 25.7 Å². The van der Waals surface area contributed by atoms with E-state index < -0.39 is 5.29 Å². The molecule has 0 aliphatic rings. The van der Waals surface area contributed by atoms with E-state index in [9.17, 15) is 4.39 Å². The van der Waals surface area contributed by atoms with E-state index in [4.69, 9.17) is 23.2 Å². The van der Waals surface area contributed by atoms with Crippen LogP contribution in [0.25, 0.3) is 0 Å². The van der Waals surface area contributed by atoms with E-state index in [2.05, 4.69) is 0 Å². The lowest BCUT2D eigenvalue weighted by atomic mass is 10.2. The van der Waals surface area contributed by atoms with Gasteiger partial charge in [0.25, 0.3) is 0 Å². The van der Waals surface area contributed by atoms with Gasteiger partial charge in [-0.25, -0.2) is 0 Å². The van der Waals surface area contributed by atoms with Crippen molar-refractivity contribution in [1.82, 2.24) is 0 Å². The molecule has 3 heteroatoms. The number of hydrogen-bond acceptors (Lipinski definition) is 0. The van der Waals surface area contributed by atoms with Crippen molar-refractivity contribution in [3.63, 3.8) is 0 Å². The summed E-state index contributed by atoms with van der Waals surface area (Å²) in [6, 6.07) is 0. The average molecular weight is 185 g/mol. The van der Waals surface area contributed by atoms with Crippen LogP contribution in [0.3, 0.4) is 0 Å². The van der Waals surface area contributed by atoms with Gasteiger partial charge in [0, 0.05) is 5.88 Å². The van der Waals surface area contributed by atoms with E-state index >= 15 is 0 Å². The third kappa shape index (κ3) is 8.25. The van der Waals surface area contributed by atoms with Crippen molar-refractivity contribution < 1.29 is 4.39 Å². The molecule has 0 aliphatic heterocycles. The summed E-state index contributed by atoms with van der Waals surface area (Å²) in [5.41, 5.74) is 0. The number of allylic oxidation sites excluding steroid dienone is 1. The molecule has 0 heterocycles. The standard InChI is InChI=1S/C7H11Cl2F/c8-6-4-2-1-3-5-7(9)10/h5H,1-4,6H2. The summed E-state index contributed by atoms with van der Waals surface area (Å²) in [4.78, 5) is 0. The zero-order valence-corrected chi connectivity index (χ0v) is 7.26. The molecule has 0 amide bonds. The molecule has 0 aliphatic carbocycles. The van der Waals surface area contributed by atoms with E-state index in [-0.39, 0.29) is 0 Å². The Labute approximate surface area is 71.0 Å². The summed E-state index contributed by atoms with van der Waals surface area (Å²) in [5.74, 6) is 0.688. The van der Waals surface area contributed by atoms with E-state index in [1.807, 2.05) is 0 Å². The minimum atomic E-state index is -0.606. The zero-order valence-electron chi connectivity index (χ0n) is 5.75. The Morgan fingerprint density at radius 3 is 2.50 bits per heavy atom. The highest BCUT2D eigenvalue weighted by Gasteiger charge is 1.87. The van der Waals surface area contributed by atoms with E-state index in [0.29, 0.717) is 12.3 Å². The summed E-state index contributed by atoms with van der Waals surface area (Å²) < 4.78 is 11.8. The summed E-state index contributed by atoms with van der Waals surface area (Å²) in [6.07, 6.45) is 5.11. The Morgan fingerprint density at radius 1 is 1.30 bits per heavy atom. The second kappa shape index (κ2) is 7.36. The van der Waals surface area contributed by atoms with Crippen LogP contribution in [0, 0.1) is 0 Å². The zero-order chi connectivity index (χ0) is 7.82. The Morgan fingerprint density at radius 2 is 2.00 bits per heavy atom. The van der Waals surface area contributed by atoms with Crippen molar-refractivity contribution in [2.75, 3.05) is 5.88 Å². The van der Waals surface area contributed by atoms with Crippen molar-refractivity contribution in [3.8, 4) is 0 Å². The highest BCUT2D eigenvalue weighted by atomic mass is 35.5. The topological polar surface area (TPSA) is 0 Å². The monoisotopic (exact) mass is 184 g/mol. The van der Waals surface area contributed by atoms with Crippen LogP contribution in [0.15, 0.2) is 11.4 Å². The van der Waals surface area contributed by atoms with Gasteiger partial charge < -0.3 is 0 Å². The Hall–Kier alpha value is 0.250. The maximum absolute atomic E-state index is 11.8. The molecular formula is C7H11Cl2F. The molecule has 0 atom stereocenters. The second-order valence-corrected chi connectivity index (χ2v) is 2.77. The van der Waals surface area contributed by atoms with E-state index in [0.717, 1.165) is 19.3 Å². The molecule has 0 N–H and O–H groups in total. The lowest BCUT2D eigenvalue weighted by Crippen LogP contribution is -1.76. The molecule has 0 saturated heterocycles. The molecule has 0 saturated carbocycles. The highest BCUT2D eigenvalue weighted by Crippen LogP contribution is 2.07. The summed E-state index contributed by atoms with van der Waals surface area (Å²) >= 11 is 10.4. The fourth-order valence-corrected chi connectivity index (χ4v) is 0.925. The molecule has 0 rings (SSSR count). The molecule has 0 unspecified atom stereocenters. The predicted octanol–water partition coefficient (Wildman–Crippen LogP) is 3.84. The van der Waals surface area contributed by atoms with Gasteiger partial charge in [0.2, 0.25) is 0 Å². The summed E-state index contributed by atoms with van der Waals surface area (Å²) in [7, 11) is 0. The van der Waals surface area contributed by atoms with E-state index in [1.165, 1.54) is 6.08 Å². The first kappa shape index (κ1) is 10.2. The molecule has 0 spiro atoms. The normalized spacial score (nSPS) is 12.1. The lowest BCUT2D eigenvalue weighted by molar-refractivity contribution is 0.673. The first-order valence-electron chi connectivity index (χ1n) is 3.34. The lowest BCUT2D eigenvalue weighted by Gasteiger charge is -1.92. The van der Waals surface area contributed by atoms with Gasteiger partial charge in [0.1, 0.15) is 0 Å². The second-order valence-electron chi connectivity index (χ2n) is 2.03. The molecule has 0 nitrogen and oxygen atoms in total. The fraction of sp³-hybridized carbons (Fsp3) is 0.714. The number of alkyl halides is 1. The molecule has 60 valence electrons. The first-order valence-corrected chi connectivity index (χ1v) is 4.25. The number of unbranched alkanes of at least 4 members (excludes halogenated alkanes) is 3. The number of hydrogen-bond donors (Lipinski definition) is 0. The van der Waals surface area contributed by atoms with Crippen LogP contribution in [-0.2, 0) is 0 Å². The van der Waals surface area contributed by atoms with Crippen LogP contribution in [0.5, 0.6) is 0 Å². The molecule has 0 aromatic heterocycles. The average Bonchev–Trinajstić information content (AvgIpc) is 1.87. The van der Waals surface area contributed by atoms with Gasteiger partial charge in [0.15, 0.2) is 5.29 Å². The smallest absolute Gasteiger partial charge is 0.185 e. The minimum absolute atomic E-state index is 0.606. The van der Waals surface area contributed by atoms with Crippen LogP contribution in [0.4, 0.5) is 4.39 Å². The van der Waals surface area contributed by atoms with Crippen LogP contribution >= 0.6 is 23.2 Å². The van der Waals surface area contributed by atoms with Gasteiger partial charge in [-0.3, -0.25) is 0 Å². The van der Waals surface area contributed by atoms with Crippen LogP contribution in [-0.4, -0.2) is 5.88 Å². The van der Waals surface area contributed by atoms with Crippen LogP contribution < -0.4 is 0 Å². The molecule has 0 aromatic carbocycles. The predicted molar refractivity (Wildman–Crippen MR) is 44.2 cm³/mol. The van der Waals surface area contributed by atoms with Crippen molar-refractivity contribution in [1.29, 1.82) is 0 Å². The van der Waals surface area contributed by atoms with E-state index in [1.54, 1.807) is 0 Å². The quantitative estimate of drug-likeness (QED) is 0.451. The molecular weight excluding hydrogens is 174 g/mol. The summed E-state index contributed by atoms with van der Waals surface area (Å²) in [6.45, 7) is 0. The van der Waals surface area contributed by atoms with Crippen molar-refractivity contribution in [2.24, 2.45) is 0 Å². The van der Waals surface area contributed by atoms with Gasteiger partial charge in [-0.05, 0) is 25.3 Å². The number of rotatable bonds is 5.